The minimum atomic E-state index is -2.80. The Labute approximate surface area is 96.9 Å². The van der Waals surface area contributed by atoms with Gasteiger partial charge in [0.1, 0.15) is 0 Å². The monoisotopic (exact) mass is 232 g/mol. The van der Waals surface area contributed by atoms with Crippen molar-refractivity contribution in [1.82, 2.24) is 4.98 Å². The van der Waals surface area contributed by atoms with Crippen LogP contribution in [0.4, 0.5) is 4.39 Å². The molecule has 17 heavy (non-hydrogen) atoms. The van der Waals surface area contributed by atoms with E-state index in [0.29, 0.717) is 0 Å². The van der Waals surface area contributed by atoms with E-state index in [0.717, 1.165) is 0 Å². The highest BCUT2D eigenvalue weighted by Crippen LogP contribution is 2.32. The molecular formula is C12H9FN2O2. The van der Waals surface area contributed by atoms with Gasteiger partial charge in [-0.15, -0.1) is 0 Å². The lowest BCUT2D eigenvalue weighted by Crippen LogP contribution is -2.32. The highest BCUT2D eigenvalue weighted by molar-refractivity contribution is 5.28. The average Bonchev–Trinajstić information content (AvgIpc) is 2.39. The van der Waals surface area contributed by atoms with Crippen molar-refractivity contribution in [3.63, 3.8) is 0 Å². The molecule has 1 aromatic heterocycles. The third-order valence-corrected chi connectivity index (χ3v) is 2.41. The smallest absolute Gasteiger partial charge is 0.261 e. The molecule has 4 nitrogen and oxygen atoms in total. The van der Waals surface area contributed by atoms with Gasteiger partial charge in [0.25, 0.3) is 0 Å². The van der Waals surface area contributed by atoms with E-state index in [4.69, 9.17) is 0 Å². The van der Waals surface area contributed by atoms with E-state index in [1.807, 2.05) is 0 Å². The predicted octanol–water partition coefficient (Wildman–Crippen LogP) is 2.53. The Hall–Kier alpha value is -2.30. The Bertz CT molecular complexity index is 477. The van der Waals surface area contributed by atoms with Crippen LogP contribution in [0.2, 0.25) is 0 Å². The first kappa shape index (κ1) is 11.2. The number of aromatic nitrogens is 1. The number of nitro groups is 1. The Kier molecular flexibility index (Phi) is 2.82. The van der Waals surface area contributed by atoms with Gasteiger partial charge in [0.05, 0.1) is 10.5 Å². The first-order valence-corrected chi connectivity index (χ1v) is 4.96. The van der Waals surface area contributed by atoms with Gasteiger partial charge in [-0.05, 0) is 24.3 Å². The van der Waals surface area contributed by atoms with Crippen molar-refractivity contribution >= 4 is 0 Å². The van der Waals surface area contributed by atoms with Crippen molar-refractivity contribution < 1.29 is 9.31 Å². The standard InChI is InChI=1S/C12H9FN2O2/c13-12(15(16)17,10-6-2-1-3-7-10)11-8-4-5-9-14-11/h1-9H. The fraction of sp³-hybridized carbons (Fsp3) is 0.0833. The van der Waals surface area contributed by atoms with Gasteiger partial charge >= 0.3 is 5.79 Å². The summed E-state index contributed by atoms with van der Waals surface area (Å²) in [6.45, 7) is 0. The Morgan fingerprint density at radius 1 is 1.12 bits per heavy atom. The van der Waals surface area contributed by atoms with E-state index < -0.39 is 10.7 Å². The molecule has 0 saturated heterocycles. The zero-order valence-corrected chi connectivity index (χ0v) is 8.79. The summed E-state index contributed by atoms with van der Waals surface area (Å²) in [6, 6.07) is 11.9. The van der Waals surface area contributed by atoms with Gasteiger partial charge in [0, 0.05) is 6.20 Å². The van der Waals surface area contributed by atoms with Crippen molar-refractivity contribution in [2.24, 2.45) is 0 Å². The van der Waals surface area contributed by atoms with Crippen LogP contribution in [0, 0.1) is 10.1 Å². The first-order valence-electron chi connectivity index (χ1n) is 4.96. The Morgan fingerprint density at radius 2 is 1.76 bits per heavy atom. The Balaban J connectivity index is 2.59. The predicted molar refractivity (Wildman–Crippen MR) is 59.6 cm³/mol. The lowest BCUT2D eigenvalue weighted by molar-refractivity contribution is -0.603. The number of hydrogen-bond donors (Lipinski definition) is 0. The molecule has 0 radical (unpaired) electrons. The third-order valence-electron chi connectivity index (χ3n) is 2.41. The van der Waals surface area contributed by atoms with Gasteiger partial charge in [-0.2, -0.15) is 4.39 Å². The SMILES string of the molecule is O=[N+]([O-])C(F)(c1ccccc1)c1ccccn1. The molecule has 5 heteroatoms. The summed E-state index contributed by atoms with van der Waals surface area (Å²) >= 11 is 0. The van der Waals surface area contributed by atoms with Gasteiger partial charge in [-0.1, -0.05) is 24.3 Å². The Morgan fingerprint density at radius 3 is 2.29 bits per heavy atom. The van der Waals surface area contributed by atoms with Crippen LogP contribution in [0.3, 0.4) is 0 Å². The molecule has 2 aromatic rings. The summed E-state index contributed by atoms with van der Waals surface area (Å²) < 4.78 is 14.6. The summed E-state index contributed by atoms with van der Waals surface area (Å²) in [4.78, 5) is 13.8. The van der Waals surface area contributed by atoms with Crippen LogP contribution < -0.4 is 0 Å². The number of halogens is 1. The normalized spacial score (nSPS) is 13.9. The second kappa shape index (κ2) is 4.29. The molecule has 0 N–H and O–H groups in total. The van der Waals surface area contributed by atoms with E-state index in [1.165, 1.54) is 30.5 Å². The van der Waals surface area contributed by atoms with E-state index in [-0.39, 0.29) is 11.3 Å². The lowest BCUT2D eigenvalue weighted by Gasteiger charge is -2.16. The zero-order chi connectivity index (χ0) is 12.3. The highest BCUT2D eigenvalue weighted by atomic mass is 19.1. The van der Waals surface area contributed by atoms with Crippen LogP contribution in [-0.2, 0) is 5.79 Å². The second-order valence-corrected chi connectivity index (χ2v) is 3.46. The van der Waals surface area contributed by atoms with Crippen LogP contribution in [-0.4, -0.2) is 9.91 Å². The van der Waals surface area contributed by atoms with E-state index in [9.17, 15) is 14.5 Å². The highest BCUT2D eigenvalue weighted by Gasteiger charge is 2.48. The summed E-state index contributed by atoms with van der Waals surface area (Å²) in [6.07, 6.45) is 1.33. The number of rotatable bonds is 3. The van der Waals surface area contributed by atoms with Crippen LogP contribution in [0.1, 0.15) is 11.3 Å². The molecule has 0 fully saturated rings. The van der Waals surface area contributed by atoms with E-state index >= 15 is 0 Å². The molecule has 1 unspecified atom stereocenters. The van der Waals surface area contributed by atoms with Crippen molar-refractivity contribution in [2.75, 3.05) is 0 Å². The van der Waals surface area contributed by atoms with Gasteiger partial charge in [-0.25, -0.2) is 0 Å². The summed E-state index contributed by atoms with van der Waals surface area (Å²) in [7, 11) is 0. The maximum atomic E-state index is 14.6. The largest absolute Gasteiger partial charge is 0.427 e. The molecule has 2 rings (SSSR count). The number of hydrogen-bond acceptors (Lipinski definition) is 3. The summed E-state index contributed by atoms with van der Waals surface area (Å²) in [5, 5.41) is 11.0. The fourth-order valence-corrected chi connectivity index (χ4v) is 1.56. The number of alkyl halides is 1. The molecule has 0 amide bonds. The van der Waals surface area contributed by atoms with Crippen molar-refractivity contribution in [1.29, 1.82) is 0 Å². The van der Waals surface area contributed by atoms with Crippen LogP contribution in [0.25, 0.3) is 0 Å². The van der Waals surface area contributed by atoms with Gasteiger partial charge < -0.3 is 0 Å². The molecule has 0 saturated carbocycles. The molecular weight excluding hydrogens is 223 g/mol. The van der Waals surface area contributed by atoms with E-state index in [2.05, 4.69) is 4.98 Å². The molecule has 0 spiro atoms. The maximum absolute atomic E-state index is 14.6. The summed E-state index contributed by atoms with van der Waals surface area (Å²) in [5.74, 6) is -2.80. The van der Waals surface area contributed by atoms with Gasteiger partial charge in [0.15, 0.2) is 5.69 Å². The van der Waals surface area contributed by atoms with Gasteiger partial charge in [0.2, 0.25) is 0 Å². The molecule has 86 valence electrons. The molecule has 0 bridgehead atoms. The second-order valence-electron chi connectivity index (χ2n) is 3.46. The quantitative estimate of drug-likeness (QED) is 0.464. The average molecular weight is 232 g/mol. The molecule has 1 heterocycles. The molecule has 0 aliphatic heterocycles. The van der Waals surface area contributed by atoms with Crippen LogP contribution in [0.5, 0.6) is 0 Å². The number of pyridine rings is 1. The van der Waals surface area contributed by atoms with Crippen LogP contribution >= 0.6 is 0 Å². The first-order chi connectivity index (χ1) is 8.15. The topological polar surface area (TPSA) is 56.0 Å². The van der Waals surface area contributed by atoms with Crippen molar-refractivity contribution in [2.45, 2.75) is 5.79 Å². The molecule has 1 aromatic carbocycles. The van der Waals surface area contributed by atoms with Crippen LogP contribution in [0.15, 0.2) is 54.7 Å². The minimum Gasteiger partial charge on any atom is -0.261 e. The number of nitrogens with zero attached hydrogens (tertiary/aromatic N) is 2. The third kappa shape index (κ3) is 1.87. The lowest BCUT2D eigenvalue weighted by atomic mass is 10.0. The van der Waals surface area contributed by atoms with Crippen molar-refractivity contribution in [3.05, 3.63) is 76.1 Å². The molecule has 0 aliphatic rings. The molecule has 0 aliphatic carbocycles. The number of benzene rings is 1. The minimum absolute atomic E-state index is 0.0382. The van der Waals surface area contributed by atoms with Crippen molar-refractivity contribution in [3.8, 4) is 0 Å². The fourth-order valence-electron chi connectivity index (χ4n) is 1.56. The zero-order valence-electron chi connectivity index (χ0n) is 8.79. The maximum Gasteiger partial charge on any atom is 0.427 e. The van der Waals surface area contributed by atoms with E-state index in [1.54, 1.807) is 24.3 Å². The summed E-state index contributed by atoms with van der Waals surface area (Å²) in [5.41, 5.74) is -0.264. The molecule has 1 atom stereocenters. The van der Waals surface area contributed by atoms with Gasteiger partial charge in [-0.3, -0.25) is 15.1 Å².